The Labute approximate surface area is 240 Å². The second kappa shape index (κ2) is 12.6. The number of methoxy groups -OCH3 is 1. The Kier molecular flexibility index (Phi) is 9.15. The Morgan fingerprint density at radius 1 is 1.05 bits per heavy atom. The summed E-state index contributed by atoms with van der Waals surface area (Å²) in [6.45, 7) is 0.185. The van der Waals surface area contributed by atoms with E-state index >= 15 is 0 Å². The van der Waals surface area contributed by atoms with Gasteiger partial charge in [-0.3, -0.25) is 19.3 Å². The molecule has 3 aromatic rings. The summed E-state index contributed by atoms with van der Waals surface area (Å²) in [5, 5.41) is 7.80. The van der Waals surface area contributed by atoms with Gasteiger partial charge in [-0.05, 0) is 77.5 Å². The number of nitrogens with two attached hydrogens (primary N) is 1. The molecular weight excluding hydrogens is 578 g/mol. The minimum atomic E-state index is -3.85. The van der Waals surface area contributed by atoms with Crippen LogP contribution in [0.15, 0.2) is 76.5 Å². The highest BCUT2D eigenvalue weighted by Gasteiger charge is 2.35. The number of amides is 3. The molecule has 3 amide bonds. The number of sulfonamides is 1. The summed E-state index contributed by atoms with van der Waals surface area (Å²) >= 11 is 6.69. The van der Waals surface area contributed by atoms with E-state index < -0.39 is 27.1 Å². The number of carbonyl (C=O) groups is 3. The fourth-order valence-electron chi connectivity index (χ4n) is 3.64. The number of primary sulfonamides is 1. The molecular formula is C27H24ClN3O7S2. The molecule has 1 saturated heterocycles. The number of ether oxygens (including phenoxy) is 2. The third kappa shape index (κ3) is 7.42. The van der Waals surface area contributed by atoms with E-state index in [9.17, 15) is 22.8 Å². The minimum absolute atomic E-state index is 0.0900. The molecule has 1 heterocycles. The molecule has 0 radical (unpaired) electrons. The number of thioether (sulfide) groups is 1. The van der Waals surface area contributed by atoms with Crippen LogP contribution in [-0.4, -0.2) is 44.0 Å². The molecule has 3 aromatic carbocycles. The summed E-state index contributed by atoms with van der Waals surface area (Å²) in [5.41, 5.74) is 1.90. The Hall–Kier alpha value is -3.84. The predicted molar refractivity (Wildman–Crippen MR) is 153 cm³/mol. The van der Waals surface area contributed by atoms with Gasteiger partial charge in [-0.1, -0.05) is 29.8 Å². The Morgan fingerprint density at radius 3 is 2.40 bits per heavy atom. The van der Waals surface area contributed by atoms with Gasteiger partial charge >= 0.3 is 0 Å². The van der Waals surface area contributed by atoms with E-state index in [-0.39, 0.29) is 22.8 Å². The maximum Gasteiger partial charge on any atom is 0.293 e. The van der Waals surface area contributed by atoms with Crippen molar-refractivity contribution >= 4 is 62.2 Å². The standard InChI is InChI=1S/C27H24ClN3O7S2/c1-37-23-14-18(4-11-22(23)38-16-17-2-5-19(28)6-3-17)15-24-26(33)31(27(34)39-24)13-12-25(32)30-20-7-9-21(10-8-20)40(29,35)36/h2-11,14-15H,12-13,16H2,1H3,(H,30,32)(H2,29,35,36)/b24-15-. The van der Waals surface area contributed by atoms with E-state index in [1.165, 1.54) is 31.4 Å². The van der Waals surface area contributed by atoms with Crippen LogP contribution < -0.4 is 19.9 Å². The molecule has 4 rings (SSSR count). The number of anilines is 1. The molecule has 0 bridgehead atoms. The summed E-state index contributed by atoms with van der Waals surface area (Å²) in [5.74, 6) is -0.00337. The molecule has 0 unspecified atom stereocenters. The molecule has 0 saturated carbocycles. The molecule has 1 fully saturated rings. The number of benzene rings is 3. The topological polar surface area (TPSA) is 145 Å². The number of halogens is 1. The van der Waals surface area contributed by atoms with Gasteiger partial charge in [-0.25, -0.2) is 13.6 Å². The molecule has 3 N–H and O–H groups in total. The first-order chi connectivity index (χ1) is 19.0. The predicted octanol–water partition coefficient (Wildman–Crippen LogP) is 4.64. The maximum atomic E-state index is 12.9. The zero-order chi connectivity index (χ0) is 28.9. The minimum Gasteiger partial charge on any atom is -0.493 e. The molecule has 13 heteroatoms. The van der Waals surface area contributed by atoms with Gasteiger partial charge in [-0.15, -0.1) is 0 Å². The number of rotatable bonds is 10. The van der Waals surface area contributed by atoms with Gasteiger partial charge in [0.2, 0.25) is 15.9 Å². The van der Waals surface area contributed by atoms with Gasteiger partial charge in [0.05, 0.1) is 16.9 Å². The van der Waals surface area contributed by atoms with Crippen molar-refractivity contribution in [3.05, 3.63) is 87.8 Å². The first kappa shape index (κ1) is 29.2. The summed E-state index contributed by atoms with van der Waals surface area (Å²) in [6, 6.07) is 17.7. The highest BCUT2D eigenvalue weighted by molar-refractivity contribution is 8.18. The van der Waals surface area contributed by atoms with Crippen LogP contribution in [0.4, 0.5) is 10.5 Å². The van der Waals surface area contributed by atoms with Gasteiger partial charge < -0.3 is 14.8 Å². The van der Waals surface area contributed by atoms with Crippen molar-refractivity contribution in [2.45, 2.75) is 17.9 Å². The molecule has 208 valence electrons. The smallest absolute Gasteiger partial charge is 0.293 e. The van der Waals surface area contributed by atoms with Crippen LogP contribution in [0.25, 0.3) is 6.08 Å². The number of hydrogen-bond acceptors (Lipinski definition) is 8. The second-order valence-corrected chi connectivity index (χ2v) is 11.5. The first-order valence-corrected chi connectivity index (χ1v) is 14.5. The summed E-state index contributed by atoms with van der Waals surface area (Å²) < 4.78 is 34.0. The van der Waals surface area contributed by atoms with Crippen molar-refractivity contribution in [2.24, 2.45) is 5.14 Å². The third-order valence-electron chi connectivity index (χ3n) is 5.70. The zero-order valence-corrected chi connectivity index (χ0v) is 23.5. The highest BCUT2D eigenvalue weighted by atomic mass is 35.5. The molecule has 1 aliphatic heterocycles. The van der Waals surface area contributed by atoms with Gasteiger partial charge in [0.25, 0.3) is 11.1 Å². The Bertz CT molecular complexity index is 1570. The highest BCUT2D eigenvalue weighted by Crippen LogP contribution is 2.35. The normalized spacial score (nSPS) is 14.5. The maximum absolute atomic E-state index is 12.9. The quantitative estimate of drug-likeness (QED) is 0.320. The van der Waals surface area contributed by atoms with Gasteiger partial charge in [-0.2, -0.15) is 0 Å². The first-order valence-electron chi connectivity index (χ1n) is 11.8. The van der Waals surface area contributed by atoms with E-state index in [2.05, 4.69) is 5.32 Å². The lowest BCUT2D eigenvalue weighted by Gasteiger charge is -2.13. The van der Waals surface area contributed by atoms with Gasteiger partial charge in [0.15, 0.2) is 11.5 Å². The van der Waals surface area contributed by atoms with Crippen LogP contribution >= 0.6 is 23.4 Å². The monoisotopic (exact) mass is 601 g/mol. The SMILES string of the molecule is COc1cc(/C=C2\SC(=O)N(CCC(=O)Nc3ccc(S(N)(=O)=O)cc3)C2=O)ccc1OCc1ccc(Cl)cc1. The van der Waals surface area contributed by atoms with Crippen molar-refractivity contribution in [2.75, 3.05) is 19.0 Å². The van der Waals surface area contributed by atoms with Crippen LogP contribution in [0.3, 0.4) is 0 Å². The Morgan fingerprint density at radius 2 is 1.75 bits per heavy atom. The summed E-state index contributed by atoms with van der Waals surface area (Å²) in [6.07, 6.45) is 1.43. The largest absolute Gasteiger partial charge is 0.493 e. The van der Waals surface area contributed by atoms with Crippen molar-refractivity contribution in [3.8, 4) is 11.5 Å². The van der Waals surface area contributed by atoms with Crippen molar-refractivity contribution in [1.29, 1.82) is 0 Å². The lowest BCUT2D eigenvalue weighted by Crippen LogP contribution is -2.31. The van der Waals surface area contributed by atoms with Crippen LogP contribution in [0, 0.1) is 0 Å². The molecule has 0 spiro atoms. The summed E-state index contributed by atoms with van der Waals surface area (Å²) in [7, 11) is -2.35. The van der Waals surface area contributed by atoms with Gasteiger partial charge in [0, 0.05) is 23.7 Å². The third-order valence-corrected chi connectivity index (χ3v) is 7.78. The number of carbonyl (C=O) groups excluding carboxylic acids is 3. The van der Waals surface area contributed by atoms with E-state index in [0.717, 1.165) is 22.2 Å². The lowest BCUT2D eigenvalue weighted by molar-refractivity contribution is -0.123. The van der Waals surface area contributed by atoms with Crippen LogP contribution in [0.5, 0.6) is 11.5 Å². The number of imide groups is 1. The van der Waals surface area contributed by atoms with Gasteiger partial charge in [0.1, 0.15) is 6.61 Å². The van der Waals surface area contributed by atoms with Crippen molar-refractivity contribution in [1.82, 2.24) is 4.90 Å². The van der Waals surface area contributed by atoms with Crippen LogP contribution in [0.2, 0.25) is 5.02 Å². The second-order valence-electron chi connectivity index (χ2n) is 8.53. The fourth-order valence-corrected chi connectivity index (χ4v) is 5.15. The molecule has 40 heavy (non-hydrogen) atoms. The number of hydrogen-bond donors (Lipinski definition) is 2. The van der Waals surface area contributed by atoms with Crippen molar-refractivity contribution in [3.63, 3.8) is 0 Å². The zero-order valence-electron chi connectivity index (χ0n) is 21.1. The average molecular weight is 602 g/mol. The lowest BCUT2D eigenvalue weighted by atomic mass is 10.1. The van der Waals surface area contributed by atoms with E-state index in [1.54, 1.807) is 36.4 Å². The molecule has 0 aromatic heterocycles. The van der Waals surface area contributed by atoms with Crippen LogP contribution in [-0.2, 0) is 26.2 Å². The Balaban J connectivity index is 1.35. The molecule has 1 aliphatic rings. The van der Waals surface area contributed by atoms with E-state index in [4.69, 9.17) is 26.2 Å². The number of nitrogens with zero attached hydrogens (tertiary/aromatic N) is 1. The van der Waals surface area contributed by atoms with Crippen LogP contribution in [0.1, 0.15) is 17.5 Å². The van der Waals surface area contributed by atoms with E-state index in [1.807, 2.05) is 12.1 Å². The summed E-state index contributed by atoms with van der Waals surface area (Å²) in [4.78, 5) is 38.8. The fraction of sp³-hybridized carbons (Fsp3) is 0.148. The van der Waals surface area contributed by atoms with E-state index in [0.29, 0.717) is 34.4 Å². The van der Waals surface area contributed by atoms with Crippen molar-refractivity contribution < 1.29 is 32.3 Å². The average Bonchev–Trinajstić information content (AvgIpc) is 3.18. The molecule has 0 aliphatic carbocycles. The molecule has 0 atom stereocenters. The molecule has 10 nitrogen and oxygen atoms in total. The number of nitrogens with one attached hydrogen (secondary N) is 1.